The van der Waals surface area contributed by atoms with Crippen molar-refractivity contribution < 1.29 is 23.5 Å². The van der Waals surface area contributed by atoms with Crippen molar-refractivity contribution in [2.75, 3.05) is 5.32 Å². The molecular formula is C19H11BrF2N2O3. The Morgan fingerprint density at radius 2 is 1.67 bits per heavy atom. The minimum Gasteiger partial charge on any atom is -0.478 e. The standard InChI is InChI=1S/C19H11BrF2N2O3/c20-13-8-11(19(26)27)9-23-17(13)10-4-6-12(7-5-10)24-18(25)16-14(21)2-1-3-15(16)22/h1-9H,(H,24,25)(H,26,27). The lowest BCUT2D eigenvalue weighted by Crippen LogP contribution is -2.15. The molecule has 0 unspecified atom stereocenters. The highest BCUT2D eigenvalue weighted by Crippen LogP contribution is 2.28. The van der Waals surface area contributed by atoms with Crippen LogP contribution in [0.1, 0.15) is 20.7 Å². The number of aromatic carboxylic acids is 1. The van der Waals surface area contributed by atoms with Crippen LogP contribution in [-0.4, -0.2) is 22.0 Å². The van der Waals surface area contributed by atoms with Crippen molar-refractivity contribution in [3.63, 3.8) is 0 Å². The lowest BCUT2D eigenvalue weighted by Gasteiger charge is -2.09. The van der Waals surface area contributed by atoms with Crippen molar-refractivity contribution in [2.45, 2.75) is 0 Å². The first-order valence-electron chi connectivity index (χ1n) is 7.61. The van der Waals surface area contributed by atoms with Gasteiger partial charge in [-0.25, -0.2) is 13.6 Å². The third kappa shape index (κ3) is 4.01. The van der Waals surface area contributed by atoms with E-state index in [1.54, 1.807) is 24.3 Å². The highest BCUT2D eigenvalue weighted by Gasteiger charge is 2.17. The average molecular weight is 433 g/mol. The minimum absolute atomic E-state index is 0.0430. The fraction of sp³-hybridized carbons (Fsp3) is 0. The number of pyridine rings is 1. The van der Waals surface area contributed by atoms with Crippen molar-refractivity contribution in [3.8, 4) is 11.3 Å². The van der Waals surface area contributed by atoms with Gasteiger partial charge < -0.3 is 10.4 Å². The summed E-state index contributed by atoms with van der Waals surface area (Å²) >= 11 is 3.28. The van der Waals surface area contributed by atoms with Gasteiger partial charge in [-0.2, -0.15) is 0 Å². The van der Waals surface area contributed by atoms with Crippen LogP contribution in [0, 0.1) is 11.6 Å². The van der Waals surface area contributed by atoms with Gasteiger partial charge in [-0.3, -0.25) is 9.78 Å². The maximum absolute atomic E-state index is 13.7. The van der Waals surface area contributed by atoms with Gasteiger partial charge in [0.1, 0.15) is 17.2 Å². The third-order valence-corrected chi connectivity index (χ3v) is 4.30. The van der Waals surface area contributed by atoms with Gasteiger partial charge >= 0.3 is 5.97 Å². The molecule has 5 nitrogen and oxygen atoms in total. The smallest absolute Gasteiger partial charge is 0.337 e. The molecule has 0 aliphatic heterocycles. The highest BCUT2D eigenvalue weighted by atomic mass is 79.9. The Morgan fingerprint density at radius 1 is 1.04 bits per heavy atom. The molecule has 3 rings (SSSR count). The summed E-state index contributed by atoms with van der Waals surface area (Å²) in [4.78, 5) is 27.2. The molecule has 1 heterocycles. The van der Waals surface area contributed by atoms with E-state index in [0.29, 0.717) is 21.4 Å². The monoisotopic (exact) mass is 432 g/mol. The molecule has 8 heteroatoms. The Labute approximate surface area is 160 Å². The van der Waals surface area contributed by atoms with E-state index in [1.165, 1.54) is 18.3 Å². The minimum atomic E-state index is -1.09. The van der Waals surface area contributed by atoms with E-state index < -0.39 is 29.1 Å². The van der Waals surface area contributed by atoms with Gasteiger partial charge in [-0.05, 0) is 46.3 Å². The van der Waals surface area contributed by atoms with E-state index in [-0.39, 0.29) is 5.56 Å². The molecule has 0 aliphatic rings. The molecule has 3 aromatic rings. The molecule has 0 atom stereocenters. The summed E-state index contributed by atoms with van der Waals surface area (Å²) in [5.74, 6) is -3.89. The van der Waals surface area contributed by atoms with Gasteiger partial charge in [-0.15, -0.1) is 0 Å². The predicted molar refractivity (Wildman–Crippen MR) is 98.6 cm³/mol. The van der Waals surface area contributed by atoms with Gasteiger partial charge in [-0.1, -0.05) is 18.2 Å². The van der Waals surface area contributed by atoms with Crippen LogP contribution in [0.3, 0.4) is 0 Å². The summed E-state index contributed by atoms with van der Waals surface area (Å²) < 4.78 is 27.8. The van der Waals surface area contributed by atoms with Crippen molar-refractivity contribution in [1.29, 1.82) is 0 Å². The number of amides is 1. The lowest BCUT2D eigenvalue weighted by molar-refractivity contribution is 0.0696. The summed E-state index contributed by atoms with van der Waals surface area (Å²) in [5.41, 5.74) is 0.897. The normalized spacial score (nSPS) is 10.5. The summed E-state index contributed by atoms with van der Waals surface area (Å²) in [5, 5.41) is 11.4. The van der Waals surface area contributed by atoms with Crippen LogP contribution >= 0.6 is 15.9 Å². The second-order valence-electron chi connectivity index (χ2n) is 5.49. The molecule has 1 amide bonds. The van der Waals surface area contributed by atoms with Crippen molar-refractivity contribution in [1.82, 2.24) is 4.98 Å². The molecule has 27 heavy (non-hydrogen) atoms. The number of hydrogen-bond donors (Lipinski definition) is 2. The number of anilines is 1. The Bertz CT molecular complexity index is 1020. The first-order valence-corrected chi connectivity index (χ1v) is 8.41. The van der Waals surface area contributed by atoms with Crippen molar-refractivity contribution in [3.05, 3.63) is 82.0 Å². The SMILES string of the molecule is O=C(O)c1cnc(-c2ccc(NC(=O)c3c(F)cccc3F)cc2)c(Br)c1. The number of nitrogens with zero attached hydrogens (tertiary/aromatic N) is 1. The number of nitrogens with one attached hydrogen (secondary N) is 1. The topological polar surface area (TPSA) is 79.3 Å². The predicted octanol–water partition coefficient (Wildman–Crippen LogP) is 4.74. The number of hydrogen-bond acceptors (Lipinski definition) is 3. The average Bonchev–Trinajstić information content (AvgIpc) is 2.62. The molecule has 1 aromatic heterocycles. The first kappa shape index (κ1) is 18.7. The fourth-order valence-corrected chi connectivity index (χ4v) is 2.96. The van der Waals surface area contributed by atoms with E-state index in [2.05, 4.69) is 26.2 Å². The zero-order valence-electron chi connectivity index (χ0n) is 13.5. The van der Waals surface area contributed by atoms with Crippen LogP contribution in [0.5, 0.6) is 0 Å². The Kier molecular flexibility index (Phi) is 5.27. The molecule has 136 valence electrons. The Balaban J connectivity index is 1.82. The summed E-state index contributed by atoms with van der Waals surface area (Å²) in [6, 6.07) is 11.0. The van der Waals surface area contributed by atoms with Crippen LogP contribution in [0.4, 0.5) is 14.5 Å². The van der Waals surface area contributed by atoms with Gasteiger partial charge in [0.25, 0.3) is 5.91 Å². The lowest BCUT2D eigenvalue weighted by atomic mass is 10.1. The van der Waals surface area contributed by atoms with E-state index in [0.717, 1.165) is 12.1 Å². The molecular weight excluding hydrogens is 422 g/mol. The van der Waals surface area contributed by atoms with Crippen LogP contribution in [0.25, 0.3) is 11.3 Å². The second kappa shape index (κ2) is 7.63. The van der Waals surface area contributed by atoms with Crippen LogP contribution in [0.2, 0.25) is 0 Å². The summed E-state index contributed by atoms with van der Waals surface area (Å²) in [7, 11) is 0. The summed E-state index contributed by atoms with van der Waals surface area (Å²) in [6.07, 6.45) is 1.24. The maximum atomic E-state index is 13.7. The maximum Gasteiger partial charge on any atom is 0.337 e. The van der Waals surface area contributed by atoms with Gasteiger partial charge in [0.15, 0.2) is 0 Å². The molecule has 0 fully saturated rings. The van der Waals surface area contributed by atoms with Gasteiger partial charge in [0, 0.05) is 21.9 Å². The third-order valence-electron chi connectivity index (χ3n) is 3.69. The Hall–Kier alpha value is -3.13. The van der Waals surface area contributed by atoms with Gasteiger partial charge in [0.2, 0.25) is 0 Å². The highest BCUT2D eigenvalue weighted by molar-refractivity contribution is 9.10. The number of carbonyl (C=O) groups is 2. The largest absolute Gasteiger partial charge is 0.478 e. The number of carboxylic acid groups (broad SMARTS) is 1. The van der Waals surface area contributed by atoms with Crippen molar-refractivity contribution in [2.24, 2.45) is 0 Å². The number of benzene rings is 2. The fourth-order valence-electron chi connectivity index (χ4n) is 2.39. The number of rotatable bonds is 4. The molecule has 0 bridgehead atoms. The second-order valence-corrected chi connectivity index (χ2v) is 6.34. The quantitative estimate of drug-likeness (QED) is 0.623. The number of halogens is 3. The van der Waals surface area contributed by atoms with Crippen LogP contribution in [0.15, 0.2) is 59.2 Å². The van der Waals surface area contributed by atoms with E-state index in [9.17, 15) is 18.4 Å². The van der Waals surface area contributed by atoms with Gasteiger partial charge in [0.05, 0.1) is 11.3 Å². The van der Waals surface area contributed by atoms with Crippen LogP contribution in [-0.2, 0) is 0 Å². The molecule has 0 radical (unpaired) electrons. The van der Waals surface area contributed by atoms with E-state index in [4.69, 9.17) is 5.11 Å². The Morgan fingerprint density at radius 3 is 2.22 bits per heavy atom. The van der Waals surface area contributed by atoms with Crippen LogP contribution < -0.4 is 5.32 Å². The van der Waals surface area contributed by atoms with Crippen molar-refractivity contribution >= 4 is 33.5 Å². The first-order chi connectivity index (χ1) is 12.9. The summed E-state index contributed by atoms with van der Waals surface area (Å²) in [6.45, 7) is 0. The number of aromatic nitrogens is 1. The molecule has 2 N–H and O–H groups in total. The molecule has 0 saturated heterocycles. The molecule has 0 spiro atoms. The zero-order chi connectivity index (χ0) is 19.6. The molecule has 2 aromatic carbocycles. The number of carbonyl (C=O) groups excluding carboxylic acids is 1. The van der Waals surface area contributed by atoms with E-state index in [1.807, 2.05) is 0 Å². The zero-order valence-corrected chi connectivity index (χ0v) is 15.1. The molecule has 0 saturated carbocycles. The van der Waals surface area contributed by atoms with E-state index >= 15 is 0 Å². The molecule has 0 aliphatic carbocycles. The number of carboxylic acids is 1.